The van der Waals surface area contributed by atoms with Crippen molar-refractivity contribution in [3.05, 3.63) is 152 Å². The van der Waals surface area contributed by atoms with Crippen molar-refractivity contribution in [2.75, 3.05) is 4.90 Å². The van der Waals surface area contributed by atoms with Crippen LogP contribution in [-0.2, 0) is 0 Å². The Morgan fingerprint density at radius 2 is 1.07 bits per heavy atom. The van der Waals surface area contributed by atoms with E-state index in [1.54, 1.807) is 0 Å². The summed E-state index contributed by atoms with van der Waals surface area (Å²) in [5.74, 6) is 0. The second kappa shape index (κ2) is 9.83. The average molecular weight is 608 g/mol. The van der Waals surface area contributed by atoms with E-state index in [1.807, 2.05) is 23.5 Å². The summed E-state index contributed by atoms with van der Waals surface area (Å²) in [5.41, 5.74) is 8.94. The van der Waals surface area contributed by atoms with Crippen LogP contribution in [0.2, 0.25) is 0 Å². The topological polar surface area (TPSA) is 29.5 Å². The van der Waals surface area contributed by atoms with Gasteiger partial charge in [0.15, 0.2) is 5.58 Å². The molecule has 0 aliphatic heterocycles. The summed E-state index contributed by atoms with van der Waals surface area (Å²) in [4.78, 5) is 2.37. The Balaban J connectivity index is 1.27. The van der Waals surface area contributed by atoms with Gasteiger partial charge >= 0.3 is 0 Å². The van der Waals surface area contributed by atoms with Gasteiger partial charge in [0.2, 0.25) is 0 Å². The van der Waals surface area contributed by atoms with E-state index in [-0.39, 0.29) is 0 Å². The molecule has 0 unspecified atom stereocenters. The molecule has 3 heterocycles. The molecule has 3 nitrogen and oxygen atoms in total. The first-order valence-corrected chi connectivity index (χ1v) is 16.2. The van der Waals surface area contributed by atoms with E-state index in [4.69, 9.17) is 8.83 Å². The molecule has 0 bridgehead atoms. The van der Waals surface area contributed by atoms with Gasteiger partial charge in [-0.1, -0.05) is 97.1 Å². The number of hydrogen-bond acceptors (Lipinski definition) is 4. The van der Waals surface area contributed by atoms with Crippen molar-refractivity contribution in [1.29, 1.82) is 0 Å². The van der Waals surface area contributed by atoms with Crippen molar-refractivity contribution in [2.24, 2.45) is 0 Å². The van der Waals surface area contributed by atoms with Gasteiger partial charge in [-0.25, -0.2) is 0 Å². The first-order chi connectivity index (χ1) is 22.8. The van der Waals surface area contributed by atoms with Gasteiger partial charge in [0.05, 0.1) is 16.8 Å². The molecule has 0 amide bonds. The monoisotopic (exact) mass is 607 g/mol. The van der Waals surface area contributed by atoms with Crippen molar-refractivity contribution < 1.29 is 8.83 Å². The normalized spacial score (nSPS) is 11.9. The predicted octanol–water partition coefficient (Wildman–Crippen LogP) is 13.0. The molecule has 0 fully saturated rings. The second-order valence-corrected chi connectivity index (χ2v) is 12.8. The zero-order chi connectivity index (χ0) is 30.2. The fraction of sp³-hybridized carbons (Fsp3) is 0. The third kappa shape index (κ3) is 3.71. The number of nitrogens with zero attached hydrogens (tertiary/aromatic N) is 1. The van der Waals surface area contributed by atoms with Crippen LogP contribution in [0.15, 0.2) is 160 Å². The lowest BCUT2D eigenvalue weighted by Gasteiger charge is -2.26. The van der Waals surface area contributed by atoms with E-state index < -0.39 is 0 Å². The highest BCUT2D eigenvalue weighted by Crippen LogP contribution is 2.48. The number of benzene rings is 7. The molecule has 0 aliphatic rings. The molecule has 0 radical (unpaired) electrons. The van der Waals surface area contributed by atoms with Crippen molar-refractivity contribution >= 4 is 92.4 Å². The van der Waals surface area contributed by atoms with Gasteiger partial charge in [0, 0.05) is 42.0 Å². The number of hydrogen-bond donors (Lipinski definition) is 0. The van der Waals surface area contributed by atoms with Gasteiger partial charge < -0.3 is 13.7 Å². The molecule has 0 N–H and O–H groups in total. The lowest BCUT2D eigenvalue weighted by molar-refractivity contribution is 0.663. The van der Waals surface area contributed by atoms with Gasteiger partial charge in [-0.3, -0.25) is 0 Å². The Hall–Kier alpha value is -5.84. The van der Waals surface area contributed by atoms with Gasteiger partial charge in [-0.05, 0) is 65.7 Å². The Morgan fingerprint density at radius 1 is 0.391 bits per heavy atom. The smallest absolute Gasteiger partial charge is 0.159 e. The first-order valence-electron chi connectivity index (χ1n) is 15.4. The van der Waals surface area contributed by atoms with Crippen LogP contribution in [-0.4, -0.2) is 0 Å². The van der Waals surface area contributed by atoms with E-state index in [0.717, 1.165) is 60.9 Å². The molecule has 0 atom stereocenters. The minimum atomic E-state index is 0.831. The molecule has 0 saturated heterocycles. The minimum absolute atomic E-state index is 0.831. The maximum atomic E-state index is 6.96. The predicted molar refractivity (Wildman–Crippen MR) is 194 cm³/mol. The summed E-state index contributed by atoms with van der Waals surface area (Å²) in [6.45, 7) is 0. The van der Waals surface area contributed by atoms with E-state index in [9.17, 15) is 0 Å². The first kappa shape index (κ1) is 25.5. The summed E-state index contributed by atoms with van der Waals surface area (Å²) in [6.07, 6.45) is 0. The third-order valence-corrected chi connectivity index (χ3v) is 10.2. The zero-order valence-electron chi connectivity index (χ0n) is 24.6. The Morgan fingerprint density at radius 3 is 1.96 bits per heavy atom. The Kier molecular flexibility index (Phi) is 5.45. The zero-order valence-corrected chi connectivity index (χ0v) is 25.4. The lowest BCUT2D eigenvalue weighted by Crippen LogP contribution is -2.10. The molecular formula is C42H25NO2S. The number of fused-ring (bicyclic) bond motifs is 10. The average Bonchev–Trinajstić information content (AvgIpc) is 3.81. The summed E-state index contributed by atoms with van der Waals surface area (Å²) in [7, 11) is 0. The molecule has 0 spiro atoms. The summed E-state index contributed by atoms with van der Waals surface area (Å²) in [6, 6.07) is 53.6. The van der Waals surface area contributed by atoms with Gasteiger partial charge in [0.1, 0.15) is 16.7 Å². The number of para-hydroxylation sites is 2. The van der Waals surface area contributed by atoms with E-state index in [1.165, 1.54) is 31.3 Å². The van der Waals surface area contributed by atoms with Crippen LogP contribution in [0.4, 0.5) is 17.1 Å². The van der Waals surface area contributed by atoms with Crippen molar-refractivity contribution in [3.63, 3.8) is 0 Å². The molecule has 4 heteroatoms. The summed E-state index contributed by atoms with van der Waals surface area (Å²) < 4.78 is 15.7. The van der Waals surface area contributed by atoms with Crippen molar-refractivity contribution in [1.82, 2.24) is 0 Å². The molecular weight excluding hydrogens is 583 g/mol. The number of thiophene rings is 1. The molecule has 10 rings (SSSR count). The Bertz CT molecular complexity index is 2750. The van der Waals surface area contributed by atoms with Crippen LogP contribution < -0.4 is 4.90 Å². The highest BCUT2D eigenvalue weighted by molar-refractivity contribution is 7.26. The molecule has 3 aromatic heterocycles. The SMILES string of the molecule is c1ccc(-c2ccc(N(c3cccc4c3oc3c4ccc4oc5ccccc5c43)c3cccc4sc5ccccc5c34)cc2)cc1. The molecule has 10 aromatic rings. The maximum absolute atomic E-state index is 6.96. The van der Waals surface area contributed by atoms with Gasteiger partial charge in [-0.2, -0.15) is 0 Å². The van der Waals surface area contributed by atoms with Crippen molar-refractivity contribution in [3.8, 4) is 11.1 Å². The minimum Gasteiger partial charge on any atom is -0.456 e. The quantitative estimate of drug-likeness (QED) is 0.199. The highest BCUT2D eigenvalue weighted by atomic mass is 32.1. The fourth-order valence-electron chi connectivity index (χ4n) is 7.01. The van der Waals surface area contributed by atoms with E-state index >= 15 is 0 Å². The standard InChI is InChI=1S/C42H25NO2S/c1-2-10-26(11-3-1)27-20-22-28(23-21-27)43(33-15-9-19-38-39(33)32-13-5-7-18-37(32)46-38)34-16-8-14-29-30-24-25-36-40(42(30)45-41(29)34)31-12-4-6-17-35(31)44-36/h1-25H. The molecule has 216 valence electrons. The van der Waals surface area contributed by atoms with E-state index in [0.29, 0.717) is 0 Å². The fourth-order valence-corrected chi connectivity index (χ4v) is 8.14. The van der Waals surface area contributed by atoms with Crippen LogP contribution in [0.1, 0.15) is 0 Å². The second-order valence-electron chi connectivity index (χ2n) is 11.7. The largest absolute Gasteiger partial charge is 0.456 e. The number of rotatable bonds is 4. The molecule has 0 aliphatic carbocycles. The molecule has 46 heavy (non-hydrogen) atoms. The van der Waals surface area contributed by atoms with Crippen LogP contribution in [0.25, 0.3) is 75.2 Å². The molecule has 7 aromatic carbocycles. The summed E-state index contributed by atoms with van der Waals surface area (Å²) in [5, 5.41) is 6.73. The van der Waals surface area contributed by atoms with Crippen LogP contribution in [0, 0.1) is 0 Å². The van der Waals surface area contributed by atoms with E-state index in [2.05, 4.69) is 144 Å². The van der Waals surface area contributed by atoms with Crippen LogP contribution in [0.3, 0.4) is 0 Å². The van der Waals surface area contributed by atoms with Gasteiger partial charge in [0.25, 0.3) is 0 Å². The number of anilines is 3. The number of furan rings is 2. The summed E-state index contributed by atoms with van der Waals surface area (Å²) >= 11 is 1.83. The van der Waals surface area contributed by atoms with Crippen LogP contribution in [0.5, 0.6) is 0 Å². The van der Waals surface area contributed by atoms with Gasteiger partial charge in [-0.15, -0.1) is 11.3 Å². The van der Waals surface area contributed by atoms with Crippen molar-refractivity contribution in [2.45, 2.75) is 0 Å². The highest BCUT2D eigenvalue weighted by Gasteiger charge is 2.24. The lowest BCUT2D eigenvalue weighted by atomic mass is 10.0. The van der Waals surface area contributed by atoms with Crippen LogP contribution >= 0.6 is 11.3 Å². The maximum Gasteiger partial charge on any atom is 0.159 e. The third-order valence-electron chi connectivity index (χ3n) is 9.08. The molecule has 0 saturated carbocycles. The Labute approximate surface area is 268 Å².